The van der Waals surface area contributed by atoms with Crippen LogP contribution in [0.25, 0.3) is 10.8 Å². The Morgan fingerprint density at radius 3 is 2.67 bits per heavy atom. The van der Waals surface area contributed by atoms with Crippen LogP contribution in [0.4, 0.5) is 11.4 Å². The number of hydrogen-bond donors (Lipinski definition) is 2. The predicted octanol–water partition coefficient (Wildman–Crippen LogP) is 4.03. The van der Waals surface area contributed by atoms with Crippen molar-refractivity contribution in [2.45, 2.75) is 20.8 Å². The van der Waals surface area contributed by atoms with Gasteiger partial charge < -0.3 is 9.73 Å². The van der Waals surface area contributed by atoms with Gasteiger partial charge in [0.15, 0.2) is 10.8 Å². The van der Waals surface area contributed by atoms with Crippen molar-refractivity contribution in [1.29, 1.82) is 0 Å². The van der Waals surface area contributed by atoms with Crippen LogP contribution < -0.4 is 10.0 Å². The highest BCUT2D eigenvalue weighted by Crippen LogP contribution is 2.28. The monoisotopic (exact) mass is 405 g/mol. The molecule has 27 heavy (non-hydrogen) atoms. The zero-order valence-corrected chi connectivity index (χ0v) is 16.7. The van der Waals surface area contributed by atoms with Gasteiger partial charge in [-0.05, 0) is 56.7 Å². The molecule has 0 aliphatic heterocycles. The summed E-state index contributed by atoms with van der Waals surface area (Å²) in [7, 11) is -3.35. The Kier molecular flexibility index (Phi) is 5.33. The molecule has 1 amide bonds. The van der Waals surface area contributed by atoms with Gasteiger partial charge in [-0.25, -0.2) is 13.4 Å². The number of rotatable bonds is 6. The van der Waals surface area contributed by atoms with Crippen LogP contribution in [-0.4, -0.2) is 25.1 Å². The molecular formula is C18H19N3O4S2. The molecule has 142 valence electrons. The maximum Gasteiger partial charge on any atom is 0.275 e. The van der Waals surface area contributed by atoms with Gasteiger partial charge >= 0.3 is 0 Å². The molecule has 0 fully saturated rings. The average Bonchev–Trinajstić information content (AvgIpc) is 3.26. The van der Waals surface area contributed by atoms with Crippen LogP contribution >= 0.6 is 11.3 Å². The SMILES string of the molecule is CCS(=O)(=O)Nc1ccc(NC(=O)c2nc(-c3ccco3)sc2C)cc1C. The number of furan rings is 1. The number of carbonyl (C=O) groups excluding carboxylic acids is 1. The first kappa shape index (κ1) is 19.1. The Morgan fingerprint density at radius 2 is 2.04 bits per heavy atom. The number of benzene rings is 1. The van der Waals surface area contributed by atoms with Crippen LogP contribution in [0.15, 0.2) is 41.0 Å². The van der Waals surface area contributed by atoms with Gasteiger partial charge in [0.25, 0.3) is 5.91 Å². The molecule has 0 saturated carbocycles. The molecule has 7 nitrogen and oxygen atoms in total. The maximum atomic E-state index is 12.6. The van der Waals surface area contributed by atoms with Gasteiger partial charge in [0, 0.05) is 10.6 Å². The lowest BCUT2D eigenvalue weighted by atomic mass is 10.2. The van der Waals surface area contributed by atoms with E-state index in [1.807, 2.05) is 6.92 Å². The summed E-state index contributed by atoms with van der Waals surface area (Å²) in [5.41, 5.74) is 2.08. The number of nitrogens with zero attached hydrogens (tertiary/aromatic N) is 1. The fourth-order valence-electron chi connectivity index (χ4n) is 2.40. The van der Waals surface area contributed by atoms with Crippen LogP contribution in [0.5, 0.6) is 0 Å². The highest BCUT2D eigenvalue weighted by Gasteiger charge is 2.18. The largest absolute Gasteiger partial charge is 0.462 e. The standard InChI is InChI=1S/C18H19N3O4S2/c1-4-27(23,24)21-14-8-7-13(10-11(14)2)19-17(22)16-12(3)26-18(20-16)15-6-5-9-25-15/h5-10,21H,4H2,1-3H3,(H,19,22). The van der Waals surface area contributed by atoms with Gasteiger partial charge in [0.2, 0.25) is 10.0 Å². The van der Waals surface area contributed by atoms with Crippen LogP contribution in [0.1, 0.15) is 27.9 Å². The highest BCUT2D eigenvalue weighted by atomic mass is 32.2. The Morgan fingerprint density at radius 1 is 1.26 bits per heavy atom. The molecule has 0 aliphatic rings. The van der Waals surface area contributed by atoms with Crippen molar-refractivity contribution in [3.8, 4) is 10.8 Å². The van der Waals surface area contributed by atoms with Crippen LogP contribution in [0.3, 0.4) is 0 Å². The van der Waals surface area contributed by atoms with Crippen molar-refractivity contribution in [1.82, 2.24) is 4.98 Å². The maximum absolute atomic E-state index is 12.6. The number of nitrogens with one attached hydrogen (secondary N) is 2. The number of amides is 1. The fraction of sp³-hybridized carbons (Fsp3) is 0.222. The summed E-state index contributed by atoms with van der Waals surface area (Å²) in [5, 5.41) is 3.44. The number of aromatic nitrogens is 1. The Balaban J connectivity index is 1.78. The third-order valence-corrected chi connectivity index (χ3v) is 6.15. The quantitative estimate of drug-likeness (QED) is 0.645. The number of hydrogen-bond acceptors (Lipinski definition) is 6. The average molecular weight is 406 g/mol. The zero-order chi connectivity index (χ0) is 19.6. The Bertz CT molecular complexity index is 1070. The third kappa shape index (κ3) is 4.37. The normalized spacial score (nSPS) is 11.4. The predicted molar refractivity (Wildman–Crippen MR) is 107 cm³/mol. The number of aryl methyl sites for hydroxylation is 2. The molecule has 9 heteroatoms. The summed E-state index contributed by atoms with van der Waals surface area (Å²) in [6, 6.07) is 8.54. The second-order valence-electron chi connectivity index (χ2n) is 5.89. The van der Waals surface area contributed by atoms with Gasteiger partial charge in [0.1, 0.15) is 5.69 Å². The smallest absolute Gasteiger partial charge is 0.275 e. The van der Waals surface area contributed by atoms with Crippen molar-refractivity contribution in [2.24, 2.45) is 0 Å². The summed E-state index contributed by atoms with van der Waals surface area (Å²) in [5.74, 6) is 0.278. The molecular weight excluding hydrogens is 386 g/mol. The van der Waals surface area contributed by atoms with E-state index in [9.17, 15) is 13.2 Å². The van der Waals surface area contributed by atoms with E-state index in [1.54, 1.807) is 50.4 Å². The molecule has 0 atom stereocenters. The van der Waals surface area contributed by atoms with E-state index in [0.717, 1.165) is 4.88 Å². The molecule has 0 unspecified atom stereocenters. The molecule has 0 radical (unpaired) electrons. The molecule has 0 aliphatic carbocycles. The Labute approximate surface area is 161 Å². The topological polar surface area (TPSA) is 101 Å². The zero-order valence-electron chi connectivity index (χ0n) is 15.1. The van der Waals surface area contributed by atoms with Crippen molar-refractivity contribution in [3.05, 3.63) is 52.7 Å². The minimum Gasteiger partial charge on any atom is -0.462 e. The summed E-state index contributed by atoms with van der Waals surface area (Å²) in [6.07, 6.45) is 1.56. The molecule has 3 rings (SSSR count). The van der Waals surface area contributed by atoms with Crippen LogP contribution in [0.2, 0.25) is 0 Å². The number of thiazole rings is 1. The van der Waals surface area contributed by atoms with E-state index in [1.165, 1.54) is 11.3 Å². The summed E-state index contributed by atoms with van der Waals surface area (Å²) in [4.78, 5) is 17.7. The van der Waals surface area contributed by atoms with E-state index in [-0.39, 0.29) is 11.7 Å². The van der Waals surface area contributed by atoms with Gasteiger partial charge in [-0.3, -0.25) is 9.52 Å². The summed E-state index contributed by atoms with van der Waals surface area (Å²) < 4.78 is 31.3. The molecule has 0 saturated heterocycles. The first-order chi connectivity index (χ1) is 12.8. The Hall–Kier alpha value is -2.65. The van der Waals surface area contributed by atoms with Crippen molar-refractivity contribution in [2.75, 3.05) is 15.8 Å². The molecule has 2 heterocycles. The second-order valence-corrected chi connectivity index (χ2v) is 9.10. The van der Waals surface area contributed by atoms with Gasteiger partial charge in [-0.2, -0.15) is 0 Å². The molecule has 2 aromatic heterocycles. The number of sulfonamides is 1. The highest BCUT2D eigenvalue weighted by molar-refractivity contribution is 7.92. The number of anilines is 2. The number of carbonyl (C=O) groups is 1. The first-order valence-electron chi connectivity index (χ1n) is 8.23. The first-order valence-corrected chi connectivity index (χ1v) is 10.7. The second kappa shape index (κ2) is 7.53. The molecule has 0 spiro atoms. The summed E-state index contributed by atoms with van der Waals surface area (Å²) >= 11 is 1.38. The van der Waals surface area contributed by atoms with Crippen LogP contribution in [-0.2, 0) is 10.0 Å². The van der Waals surface area contributed by atoms with Crippen molar-refractivity contribution >= 4 is 38.6 Å². The third-order valence-electron chi connectivity index (χ3n) is 3.87. The van der Waals surface area contributed by atoms with E-state index >= 15 is 0 Å². The van der Waals surface area contributed by atoms with Crippen molar-refractivity contribution in [3.63, 3.8) is 0 Å². The lowest BCUT2D eigenvalue weighted by Crippen LogP contribution is -2.16. The van der Waals surface area contributed by atoms with Gasteiger partial charge in [-0.1, -0.05) is 0 Å². The fourth-order valence-corrected chi connectivity index (χ4v) is 3.99. The minimum atomic E-state index is -3.35. The van der Waals surface area contributed by atoms with E-state index < -0.39 is 10.0 Å². The van der Waals surface area contributed by atoms with E-state index in [2.05, 4.69) is 15.0 Å². The van der Waals surface area contributed by atoms with E-state index in [4.69, 9.17) is 4.42 Å². The van der Waals surface area contributed by atoms with Crippen LogP contribution in [0, 0.1) is 13.8 Å². The molecule has 0 bridgehead atoms. The lowest BCUT2D eigenvalue weighted by Gasteiger charge is -2.11. The lowest BCUT2D eigenvalue weighted by molar-refractivity contribution is 0.102. The summed E-state index contributed by atoms with van der Waals surface area (Å²) in [6.45, 7) is 5.17. The van der Waals surface area contributed by atoms with Crippen molar-refractivity contribution < 1.29 is 17.6 Å². The molecule has 3 aromatic rings. The molecule has 1 aromatic carbocycles. The van der Waals surface area contributed by atoms with Gasteiger partial charge in [0.05, 0.1) is 17.7 Å². The van der Waals surface area contributed by atoms with Gasteiger partial charge in [-0.15, -0.1) is 11.3 Å². The molecule has 2 N–H and O–H groups in total. The van der Waals surface area contributed by atoms with E-state index in [0.29, 0.717) is 33.4 Å². The minimum absolute atomic E-state index is 0.00790.